The third kappa shape index (κ3) is 3.76. The molecule has 0 fully saturated rings. The first-order valence-corrected chi connectivity index (χ1v) is 6.79. The maximum Gasteiger partial charge on any atom is 0.138 e. The highest BCUT2D eigenvalue weighted by Crippen LogP contribution is 2.19. The van der Waals surface area contributed by atoms with Gasteiger partial charge in [-0.1, -0.05) is 13.8 Å². The van der Waals surface area contributed by atoms with Gasteiger partial charge in [0.25, 0.3) is 0 Å². The van der Waals surface area contributed by atoms with Crippen LogP contribution in [0.4, 0.5) is 0 Å². The zero-order chi connectivity index (χ0) is 12.1. The molecule has 1 aromatic heterocycles. The molecule has 0 spiro atoms. The molecule has 0 aliphatic rings. The maximum atomic E-state index is 5.82. The first-order chi connectivity index (χ1) is 7.54. The van der Waals surface area contributed by atoms with Crippen LogP contribution in [0.5, 0.6) is 0 Å². The molecule has 2 N–H and O–H groups in total. The van der Waals surface area contributed by atoms with Gasteiger partial charge < -0.3 is 5.73 Å². The highest BCUT2D eigenvalue weighted by atomic mass is 32.2. The van der Waals surface area contributed by atoms with E-state index in [1.807, 2.05) is 31.8 Å². The number of aryl methyl sites for hydroxylation is 1. The van der Waals surface area contributed by atoms with Crippen LogP contribution in [0.25, 0.3) is 0 Å². The van der Waals surface area contributed by atoms with Gasteiger partial charge in [0.05, 0.1) is 5.75 Å². The van der Waals surface area contributed by atoms with Gasteiger partial charge in [0, 0.05) is 28.7 Å². The standard InChI is InChI=1S/C12H21N3S/c1-5-8(2)16-7-12-14-6-11(9(3)13)10(4)15-12/h6,8-9H,5,7,13H2,1-4H3. The Hall–Kier alpha value is -0.610. The molecule has 1 heterocycles. The van der Waals surface area contributed by atoms with E-state index in [1.165, 1.54) is 6.42 Å². The lowest BCUT2D eigenvalue weighted by atomic mass is 10.1. The van der Waals surface area contributed by atoms with Crippen LogP contribution in [0.15, 0.2) is 6.20 Å². The van der Waals surface area contributed by atoms with Gasteiger partial charge >= 0.3 is 0 Å². The van der Waals surface area contributed by atoms with E-state index < -0.39 is 0 Å². The quantitative estimate of drug-likeness (QED) is 0.858. The van der Waals surface area contributed by atoms with E-state index >= 15 is 0 Å². The van der Waals surface area contributed by atoms with Gasteiger partial charge in [-0.15, -0.1) is 0 Å². The number of hydrogen-bond acceptors (Lipinski definition) is 4. The van der Waals surface area contributed by atoms with Crippen LogP contribution in [0.2, 0.25) is 0 Å². The van der Waals surface area contributed by atoms with Gasteiger partial charge in [-0.25, -0.2) is 9.97 Å². The predicted molar refractivity (Wildman–Crippen MR) is 70.4 cm³/mol. The Morgan fingerprint density at radius 2 is 2.12 bits per heavy atom. The molecule has 0 radical (unpaired) electrons. The Kier molecular flexibility index (Phi) is 5.22. The van der Waals surface area contributed by atoms with Crippen LogP contribution >= 0.6 is 11.8 Å². The number of hydrogen-bond donors (Lipinski definition) is 1. The molecule has 16 heavy (non-hydrogen) atoms. The van der Waals surface area contributed by atoms with Crippen molar-refractivity contribution in [2.45, 2.75) is 51.2 Å². The van der Waals surface area contributed by atoms with E-state index in [1.54, 1.807) is 0 Å². The van der Waals surface area contributed by atoms with Gasteiger partial charge in [-0.2, -0.15) is 11.8 Å². The van der Waals surface area contributed by atoms with Gasteiger partial charge in [0.1, 0.15) is 5.82 Å². The lowest BCUT2D eigenvalue weighted by molar-refractivity contribution is 0.780. The van der Waals surface area contributed by atoms with E-state index in [0.29, 0.717) is 5.25 Å². The molecular weight excluding hydrogens is 218 g/mol. The summed E-state index contributed by atoms with van der Waals surface area (Å²) >= 11 is 1.90. The van der Waals surface area contributed by atoms with Crippen molar-refractivity contribution in [3.8, 4) is 0 Å². The van der Waals surface area contributed by atoms with Crippen molar-refractivity contribution >= 4 is 11.8 Å². The molecular formula is C12H21N3S. The minimum Gasteiger partial charge on any atom is -0.324 e. The summed E-state index contributed by atoms with van der Waals surface area (Å²) in [6.45, 7) is 8.38. The molecule has 0 aromatic carbocycles. The maximum absolute atomic E-state index is 5.82. The smallest absolute Gasteiger partial charge is 0.138 e. The van der Waals surface area contributed by atoms with Crippen LogP contribution < -0.4 is 5.73 Å². The largest absolute Gasteiger partial charge is 0.324 e. The summed E-state index contributed by atoms with van der Waals surface area (Å²) in [4.78, 5) is 8.84. The highest BCUT2D eigenvalue weighted by Gasteiger charge is 2.08. The third-order valence-corrected chi connectivity index (χ3v) is 3.96. The van der Waals surface area contributed by atoms with Gasteiger partial charge in [0.15, 0.2) is 0 Å². The predicted octanol–water partition coefficient (Wildman–Crippen LogP) is 2.84. The van der Waals surface area contributed by atoms with E-state index in [4.69, 9.17) is 5.73 Å². The van der Waals surface area contributed by atoms with Crippen molar-refractivity contribution in [1.82, 2.24) is 9.97 Å². The Morgan fingerprint density at radius 1 is 1.44 bits per heavy atom. The van der Waals surface area contributed by atoms with Crippen molar-refractivity contribution in [3.05, 3.63) is 23.3 Å². The van der Waals surface area contributed by atoms with E-state index in [-0.39, 0.29) is 6.04 Å². The van der Waals surface area contributed by atoms with Crippen molar-refractivity contribution in [1.29, 1.82) is 0 Å². The molecule has 1 aromatic rings. The van der Waals surface area contributed by atoms with E-state index in [9.17, 15) is 0 Å². The monoisotopic (exact) mass is 239 g/mol. The first kappa shape index (κ1) is 13.5. The molecule has 3 nitrogen and oxygen atoms in total. The fraction of sp³-hybridized carbons (Fsp3) is 0.667. The number of nitrogens with two attached hydrogens (primary N) is 1. The molecule has 2 atom stereocenters. The second kappa shape index (κ2) is 6.21. The summed E-state index contributed by atoms with van der Waals surface area (Å²) in [5.74, 6) is 1.79. The van der Waals surface area contributed by atoms with Crippen LogP contribution in [-0.4, -0.2) is 15.2 Å². The lowest BCUT2D eigenvalue weighted by Crippen LogP contribution is -2.10. The lowest BCUT2D eigenvalue weighted by Gasteiger charge is -2.11. The van der Waals surface area contributed by atoms with E-state index in [0.717, 1.165) is 22.8 Å². The Balaban J connectivity index is 2.66. The van der Waals surface area contributed by atoms with Crippen LogP contribution in [-0.2, 0) is 5.75 Å². The normalized spacial score (nSPS) is 14.8. The zero-order valence-corrected chi connectivity index (χ0v) is 11.3. The third-order valence-electron chi connectivity index (χ3n) is 2.63. The summed E-state index contributed by atoms with van der Waals surface area (Å²) in [6, 6.07) is 0.0104. The molecule has 0 bridgehead atoms. The van der Waals surface area contributed by atoms with Crippen molar-refractivity contribution < 1.29 is 0 Å². The number of nitrogens with zero attached hydrogens (tertiary/aromatic N) is 2. The number of rotatable bonds is 5. The molecule has 0 aliphatic carbocycles. The molecule has 0 aliphatic heterocycles. The Morgan fingerprint density at radius 3 is 2.62 bits per heavy atom. The second-order valence-electron chi connectivity index (χ2n) is 4.15. The van der Waals surface area contributed by atoms with Gasteiger partial charge in [-0.3, -0.25) is 0 Å². The highest BCUT2D eigenvalue weighted by molar-refractivity contribution is 7.99. The minimum atomic E-state index is 0.0104. The van der Waals surface area contributed by atoms with E-state index in [2.05, 4.69) is 23.8 Å². The van der Waals surface area contributed by atoms with Crippen molar-refractivity contribution in [3.63, 3.8) is 0 Å². The number of thioether (sulfide) groups is 1. The molecule has 90 valence electrons. The fourth-order valence-electron chi connectivity index (χ4n) is 1.38. The Labute approximate surface area is 102 Å². The molecule has 4 heteroatoms. The van der Waals surface area contributed by atoms with Crippen LogP contribution in [0.1, 0.15) is 50.3 Å². The van der Waals surface area contributed by atoms with Crippen LogP contribution in [0.3, 0.4) is 0 Å². The van der Waals surface area contributed by atoms with Gasteiger partial charge in [0.2, 0.25) is 0 Å². The molecule has 0 amide bonds. The average Bonchev–Trinajstić information content (AvgIpc) is 2.25. The zero-order valence-electron chi connectivity index (χ0n) is 10.5. The molecule has 0 saturated carbocycles. The Bertz CT molecular complexity index is 339. The van der Waals surface area contributed by atoms with Crippen molar-refractivity contribution in [2.75, 3.05) is 0 Å². The first-order valence-electron chi connectivity index (χ1n) is 5.74. The fourth-order valence-corrected chi connectivity index (χ4v) is 2.18. The average molecular weight is 239 g/mol. The summed E-state index contributed by atoms with van der Waals surface area (Å²) in [7, 11) is 0. The SMILES string of the molecule is CCC(C)SCc1ncc(C(C)N)c(C)n1. The molecule has 2 unspecified atom stereocenters. The topological polar surface area (TPSA) is 51.8 Å². The minimum absolute atomic E-state index is 0.0104. The second-order valence-corrected chi connectivity index (χ2v) is 5.57. The van der Waals surface area contributed by atoms with Crippen molar-refractivity contribution in [2.24, 2.45) is 5.73 Å². The van der Waals surface area contributed by atoms with Gasteiger partial charge in [-0.05, 0) is 20.3 Å². The summed E-state index contributed by atoms with van der Waals surface area (Å²) < 4.78 is 0. The summed E-state index contributed by atoms with van der Waals surface area (Å²) in [6.07, 6.45) is 3.04. The number of aromatic nitrogens is 2. The summed E-state index contributed by atoms with van der Waals surface area (Å²) in [5, 5.41) is 0.664. The summed E-state index contributed by atoms with van der Waals surface area (Å²) in [5.41, 5.74) is 7.87. The molecule has 0 saturated heterocycles. The molecule has 1 rings (SSSR count). The van der Waals surface area contributed by atoms with Crippen LogP contribution in [0, 0.1) is 6.92 Å².